The zero-order valence-electron chi connectivity index (χ0n) is 14.3. The third-order valence-corrected chi connectivity index (χ3v) is 10.7. The molecule has 122 valence electrons. The van der Waals surface area contributed by atoms with Crippen molar-refractivity contribution in [1.82, 2.24) is 0 Å². The largest absolute Gasteiger partial charge is 1.00 e. The molecule has 0 aromatic rings. The van der Waals surface area contributed by atoms with Crippen LogP contribution in [0.15, 0.2) is 42.0 Å². The van der Waals surface area contributed by atoms with Gasteiger partial charge in [0.15, 0.2) is 0 Å². The molecule has 0 fully saturated rings. The van der Waals surface area contributed by atoms with Crippen molar-refractivity contribution in [2.45, 2.75) is 65.2 Å². The van der Waals surface area contributed by atoms with Crippen LogP contribution in [0.2, 0.25) is 0 Å². The molecule has 0 amide bonds. The molecule has 2 aliphatic carbocycles. The van der Waals surface area contributed by atoms with Gasteiger partial charge in [0.2, 0.25) is 0 Å². The molecule has 0 spiro atoms. The maximum absolute atomic E-state index is 6.14. The number of unbranched alkanes of at least 4 members (excludes halogenated alkanes) is 2. The van der Waals surface area contributed by atoms with Crippen molar-refractivity contribution in [3.05, 3.63) is 42.0 Å². The van der Waals surface area contributed by atoms with Crippen LogP contribution in [0.25, 0.3) is 0 Å². The normalized spacial score (nSPS) is 16.7. The first-order chi connectivity index (χ1) is 10.3. The van der Waals surface area contributed by atoms with E-state index < -0.39 is 22.2 Å². The summed E-state index contributed by atoms with van der Waals surface area (Å²) in [5.41, 5.74) is 3.23. The van der Waals surface area contributed by atoms with Gasteiger partial charge in [-0.05, 0) is 0 Å². The first-order valence-electron chi connectivity index (χ1n) is 8.50. The van der Waals surface area contributed by atoms with E-state index in [0.717, 1.165) is 12.8 Å². The average molecular weight is 400 g/mol. The third kappa shape index (κ3) is 5.05. The van der Waals surface area contributed by atoms with Crippen LogP contribution in [0.1, 0.15) is 65.2 Å². The van der Waals surface area contributed by atoms with Gasteiger partial charge in [-0.3, -0.25) is 0 Å². The second-order valence-corrected chi connectivity index (χ2v) is 11.5. The minimum Gasteiger partial charge on any atom is -1.00 e. The molecule has 0 unspecified atom stereocenters. The van der Waals surface area contributed by atoms with Gasteiger partial charge in [0.1, 0.15) is 0 Å². The van der Waals surface area contributed by atoms with E-state index in [1.54, 1.807) is 17.7 Å². The first-order valence-corrected chi connectivity index (χ1v) is 12.0. The molecule has 0 aliphatic heterocycles. The number of hydrogen-bond donors (Lipinski definition) is 0. The number of rotatable bonds is 9. The van der Waals surface area contributed by atoms with Gasteiger partial charge < -0.3 is 12.4 Å². The molecule has 0 N–H and O–H groups in total. The standard InChI is InChI=1S/2C9H13.CH3O.ClH.Zr/c2*1-2-3-6-9-7-4-5-8-9;1-2;;/h2*4,7H,2-3,5-6H2,1H3;1H3;1H;/q;;-1;;+2/p-1. The molecule has 0 radical (unpaired) electrons. The fourth-order valence-corrected chi connectivity index (χ4v) is 9.27. The average Bonchev–Trinajstić information content (AvgIpc) is 3.14. The van der Waals surface area contributed by atoms with Gasteiger partial charge in [-0.2, -0.15) is 0 Å². The van der Waals surface area contributed by atoms with E-state index in [4.69, 9.17) is 2.81 Å². The van der Waals surface area contributed by atoms with Crippen LogP contribution in [-0.2, 0) is 25.0 Å². The fourth-order valence-electron chi connectivity index (χ4n) is 3.21. The maximum atomic E-state index is 6.14. The topological polar surface area (TPSA) is 9.23 Å². The van der Waals surface area contributed by atoms with Gasteiger partial charge in [-0.15, -0.1) is 0 Å². The van der Waals surface area contributed by atoms with E-state index in [2.05, 4.69) is 38.2 Å². The Morgan fingerprint density at radius 2 is 1.36 bits per heavy atom. The summed E-state index contributed by atoms with van der Waals surface area (Å²) in [5.74, 6) is 0. The van der Waals surface area contributed by atoms with Crippen LogP contribution < -0.4 is 12.4 Å². The predicted molar refractivity (Wildman–Crippen MR) is 87.6 cm³/mol. The van der Waals surface area contributed by atoms with Gasteiger partial charge >= 0.3 is 139 Å². The van der Waals surface area contributed by atoms with Crippen LogP contribution in [0.4, 0.5) is 0 Å². The van der Waals surface area contributed by atoms with Crippen LogP contribution in [0, 0.1) is 0 Å². The van der Waals surface area contributed by atoms with Crippen molar-refractivity contribution in [2.75, 3.05) is 7.11 Å². The summed E-state index contributed by atoms with van der Waals surface area (Å²) in [6, 6.07) is 0. The smallest absolute Gasteiger partial charge is 1.00 e. The summed E-state index contributed by atoms with van der Waals surface area (Å²) < 4.78 is 9.56. The monoisotopic (exact) mass is 398 g/mol. The van der Waals surface area contributed by atoms with Gasteiger partial charge in [-0.1, -0.05) is 0 Å². The Kier molecular flexibility index (Phi) is 9.88. The van der Waals surface area contributed by atoms with Gasteiger partial charge in [0, 0.05) is 0 Å². The quantitative estimate of drug-likeness (QED) is 0.579. The molecule has 0 aromatic carbocycles. The second-order valence-electron chi connectivity index (χ2n) is 5.96. The molecule has 0 saturated heterocycles. The number of halogens is 1. The zero-order chi connectivity index (χ0) is 15.1. The summed E-state index contributed by atoms with van der Waals surface area (Å²) in [6.07, 6.45) is 19.5. The van der Waals surface area contributed by atoms with Crippen LogP contribution >= 0.6 is 0 Å². The fraction of sp³-hybridized carbons (Fsp3) is 0.579. The van der Waals surface area contributed by atoms with E-state index in [9.17, 15) is 0 Å². The van der Waals surface area contributed by atoms with Crippen molar-refractivity contribution >= 4 is 0 Å². The Labute approximate surface area is 151 Å². The molecule has 0 aromatic heterocycles. The predicted octanol–water partition coefficient (Wildman–Crippen LogP) is 2.98. The summed E-state index contributed by atoms with van der Waals surface area (Å²) in [5, 5.41) is 0. The number of allylic oxidation sites excluding steroid dienone is 8. The van der Waals surface area contributed by atoms with Crippen molar-refractivity contribution in [2.24, 2.45) is 0 Å². The van der Waals surface area contributed by atoms with Gasteiger partial charge in [0.05, 0.1) is 0 Å². The van der Waals surface area contributed by atoms with E-state index in [0.29, 0.717) is 0 Å². The van der Waals surface area contributed by atoms with E-state index in [1.165, 1.54) is 38.5 Å². The van der Waals surface area contributed by atoms with Gasteiger partial charge in [-0.25, -0.2) is 0 Å². The van der Waals surface area contributed by atoms with Crippen molar-refractivity contribution in [3.63, 3.8) is 0 Å². The van der Waals surface area contributed by atoms with Crippen LogP contribution in [-0.4, -0.2) is 7.11 Å². The van der Waals surface area contributed by atoms with Crippen LogP contribution in [0.5, 0.6) is 0 Å². The minimum absolute atomic E-state index is 0. The summed E-state index contributed by atoms with van der Waals surface area (Å²) in [6.45, 7) is 4.56. The number of hydrogen-bond acceptors (Lipinski definition) is 1. The van der Waals surface area contributed by atoms with Crippen LogP contribution in [0.3, 0.4) is 0 Å². The molecule has 22 heavy (non-hydrogen) atoms. The van der Waals surface area contributed by atoms with E-state index in [1.807, 2.05) is 7.11 Å². The second kappa shape index (κ2) is 10.8. The Balaban J connectivity index is 0.00000242. The van der Waals surface area contributed by atoms with Crippen molar-refractivity contribution < 1.29 is 37.4 Å². The summed E-state index contributed by atoms with van der Waals surface area (Å²) >= 11 is -2.04. The van der Waals surface area contributed by atoms with E-state index >= 15 is 0 Å². The minimum atomic E-state index is -2.04. The zero-order valence-corrected chi connectivity index (χ0v) is 17.5. The Morgan fingerprint density at radius 1 is 0.909 bits per heavy atom. The molecule has 0 bridgehead atoms. The Hall–Kier alpha value is 0.0931. The molecule has 1 nitrogen and oxygen atoms in total. The molecule has 2 aliphatic rings. The SMILES string of the molecule is CCCCC1=[C]([Zr+]([O]C)[C]2=C(CCCC)C=CC2)CC=C1.[Cl-]. The van der Waals surface area contributed by atoms with Gasteiger partial charge in [0.25, 0.3) is 0 Å². The van der Waals surface area contributed by atoms with E-state index in [-0.39, 0.29) is 12.4 Å². The Morgan fingerprint density at radius 3 is 1.73 bits per heavy atom. The summed E-state index contributed by atoms with van der Waals surface area (Å²) in [4.78, 5) is 0. The maximum Gasteiger partial charge on any atom is -1.00 e. The van der Waals surface area contributed by atoms with Crippen molar-refractivity contribution in [1.29, 1.82) is 0 Å². The first kappa shape index (κ1) is 20.1. The molecule has 0 saturated carbocycles. The molecule has 2 rings (SSSR count). The summed E-state index contributed by atoms with van der Waals surface area (Å²) in [7, 11) is 1.96. The molecular weight excluding hydrogens is 371 g/mol. The Bertz CT molecular complexity index is 432. The third-order valence-electron chi connectivity index (χ3n) is 4.41. The molecule has 0 heterocycles. The molecule has 0 atom stereocenters. The molecular formula is C19H29ClOZr. The van der Waals surface area contributed by atoms with Crippen molar-refractivity contribution in [3.8, 4) is 0 Å². The molecule has 3 heteroatoms.